The van der Waals surface area contributed by atoms with Crippen molar-refractivity contribution in [3.05, 3.63) is 48.0 Å². The van der Waals surface area contributed by atoms with Crippen molar-refractivity contribution >= 4 is 6.09 Å². The lowest BCUT2D eigenvalue weighted by Crippen LogP contribution is -2.52. The Morgan fingerprint density at radius 1 is 1.12 bits per heavy atom. The molecule has 7 nitrogen and oxygen atoms in total. The van der Waals surface area contributed by atoms with Crippen molar-refractivity contribution in [2.24, 2.45) is 5.92 Å². The minimum atomic E-state index is -0.325. The van der Waals surface area contributed by atoms with Crippen molar-refractivity contribution in [1.29, 1.82) is 0 Å². The Morgan fingerprint density at radius 2 is 1.97 bits per heavy atom. The molecule has 2 atom stereocenters. The molecule has 0 aliphatic carbocycles. The van der Waals surface area contributed by atoms with E-state index in [0.29, 0.717) is 12.5 Å². The van der Waals surface area contributed by atoms with Gasteiger partial charge in [-0.3, -0.25) is 4.90 Å². The van der Waals surface area contributed by atoms with Crippen LogP contribution in [-0.2, 0) is 9.47 Å². The van der Waals surface area contributed by atoms with Crippen LogP contribution in [0.4, 0.5) is 4.79 Å². The quantitative estimate of drug-likeness (QED) is 0.688. The molecule has 1 amide bonds. The summed E-state index contributed by atoms with van der Waals surface area (Å²) >= 11 is 0. The molecule has 3 saturated heterocycles. The number of nitrogens with zero attached hydrogens (tertiary/aromatic N) is 1. The number of alkyl carbamates (subject to hydrolysis) is 1. The molecule has 1 unspecified atom stereocenters. The van der Waals surface area contributed by atoms with Crippen LogP contribution in [0.2, 0.25) is 0 Å². The van der Waals surface area contributed by atoms with Gasteiger partial charge >= 0.3 is 6.09 Å². The smallest absolute Gasteiger partial charge is 0.407 e. The Kier molecular flexibility index (Phi) is 6.19. The molecule has 2 aromatic carbocycles. The number of carbonyl (C=O) groups excluding carboxylic acids is 1. The lowest BCUT2D eigenvalue weighted by Gasteiger charge is -2.44. The summed E-state index contributed by atoms with van der Waals surface area (Å²) in [6.07, 6.45) is 2.65. The first-order valence-corrected chi connectivity index (χ1v) is 11.4. The van der Waals surface area contributed by atoms with Crippen molar-refractivity contribution in [1.82, 2.24) is 10.2 Å². The van der Waals surface area contributed by atoms with Crippen LogP contribution in [0, 0.1) is 5.92 Å². The van der Waals surface area contributed by atoms with Crippen LogP contribution in [-0.4, -0.2) is 57.2 Å². The lowest BCUT2D eigenvalue weighted by atomic mass is 9.86. The van der Waals surface area contributed by atoms with Crippen LogP contribution in [0.3, 0.4) is 0 Å². The van der Waals surface area contributed by atoms with Crippen LogP contribution < -0.4 is 14.8 Å². The number of hydrogen-bond acceptors (Lipinski definition) is 6. The van der Waals surface area contributed by atoms with E-state index in [4.69, 9.17) is 18.9 Å². The maximum atomic E-state index is 12.7. The van der Waals surface area contributed by atoms with Crippen molar-refractivity contribution < 1.29 is 23.7 Å². The summed E-state index contributed by atoms with van der Waals surface area (Å²) in [5.41, 5.74) is 3.04. The first kappa shape index (κ1) is 21.1. The molecule has 170 valence electrons. The van der Waals surface area contributed by atoms with Gasteiger partial charge in [-0.25, -0.2) is 4.79 Å². The number of piperidine rings is 3. The number of amides is 1. The highest BCUT2D eigenvalue weighted by Crippen LogP contribution is 2.36. The van der Waals surface area contributed by atoms with Gasteiger partial charge in [0.1, 0.15) is 17.6 Å². The van der Waals surface area contributed by atoms with Gasteiger partial charge in [-0.15, -0.1) is 0 Å². The summed E-state index contributed by atoms with van der Waals surface area (Å²) in [6.45, 7) is 3.88. The molecule has 32 heavy (non-hydrogen) atoms. The largest absolute Gasteiger partial charge is 0.493 e. The fraction of sp³-hybridized carbons (Fsp3) is 0.480. The van der Waals surface area contributed by atoms with Gasteiger partial charge in [0.15, 0.2) is 6.79 Å². The lowest BCUT2D eigenvalue weighted by molar-refractivity contribution is -0.0342. The molecule has 7 heteroatoms. The predicted octanol–water partition coefficient (Wildman–Crippen LogP) is 3.98. The average Bonchev–Trinajstić information content (AvgIpc) is 2.83. The molecular formula is C25H30N2O5. The van der Waals surface area contributed by atoms with E-state index in [1.807, 2.05) is 36.4 Å². The summed E-state index contributed by atoms with van der Waals surface area (Å²) in [7, 11) is 1.60. The summed E-state index contributed by atoms with van der Waals surface area (Å²) in [6, 6.07) is 13.9. The van der Waals surface area contributed by atoms with Crippen molar-refractivity contribution in [2.45, 2.75) is 31.4 Å². The van der Waals surface area contributed by atoms with E-state index >= 15 is 0 Å². The molecule has 3 fully saturated rings. The second-order valence-corrected chi connectivity index (χ2v) is 8.75. The van der Waals surface area contributed by atoms with E-state index < -0.39 is 0 Å². The molecule has 4 aliphatic rings. The third kappa shape index (κ3) is 4.54. The zero-order chi connectivity index (χ0) is 21.9. The summed E-state index contributed by atoms with van der Waals surface area (Å²) in [5.74, 6) is 2.04. The molecule has 1 N–H and O–H groups in total. The molecule has 4 aliphatic heterocycles. The maximum absolute atomic E-state index is 12.7. The fourth-order valence-corrected chi connectivity index (χ4v) is 4.97. The highest BCUT2D eigenvalue weighted by atomic mass is 16.7. The van der Waals surface area contributed by atoms with Crippen molar-refractivity contribution in [3.8, 4) is 22.6 Å². The molecule has 0 saturated carbocycles. The molecule has 6 rings (SSSR count). The monoisotopic (exact) mass is 438 g/mol. The van der Waals surface area contributed by atoms with Gasteiger partial charge in [-0.1, -0.05) is 24.3 Å². The maximum Gasteiger partial charge on any atom is 0.407 e. The second kappa shape index (κ2) is 9.38. The zero-order valence-electron chi connectivity index (χ0n) is 18.4. The topological polar surface area (TPSA) is 69.3 Å². The molecule has 0 radical (unpaired) electrons. The number of fused-ring (bicyclic) bond motifs is 4. The Labute approximate surface area is 188 Å². The highest BCUT2D eigenvalue weighted by Gasteiger charge is 2.37. The minimum absolute atomic E-state index is 0.00629. The number of carbonyl (C=O) groups is 1. The van der Waals surface area contributed by atoms with E-state index in [2.05, 4.69) is 16.3 Å². The van der Waals surface area contributed by atoms with E-state index in [1.165, 1.54) is 0 Å². The SMILES string of the molecule is COCOc1cccc(-c2ccc3c(c2)OCCC3NC(=O)O[C@@H]2CN3CCC2CC3)c1. The van der Waals surface area contributed by atoms with Crippen LogP contribution in [0.15, 0.2) is 42.5 Å². The first-order valence-electron chi connectivity index (χ1n) is 11.4. The van der Waals surface area contributed by atoms with Gasteiger partial charge in [0, 0.05) is 25.6 Å². The summed E-state index contributed by atoms with van der Waals surface area (Å²) < 4.78 is 22.3. The van der Waals surface area contributed by atoms with E-state index in [9.17, 15) is 4.79 Å². The van der Waals surface area contributed by atoms with Crippen LogP contribution in [0.1, 0.15) is 30.9 Å². The normalized spacial score (nSPS) is 26.0. The van der Waals surface area contributed by atoms with Crippen LogP contribution in [0.25, 0.3) is 11.1 Å². The molecule has 2 aromatic rings. The number of nitrogens with one attached hydrogen (secondary N) is 1. The van der Waals surface area contributed by atoms with Crippen LogP contribution >= 0.6 is 0 Å². The Bertz CT molecular complexity index is 957. The van der Waals surface area contributed by atoms with Crippen molar-refractivity contribution in [3.63, 3.8) is 0 Å². The van der Waals surface area contributed by atoms with Gasteiger partial charge in [0.25, 0.3) is 0 Å². The Balaban J connectivity index is 1.26. The van der Waals surface area contributed by atoms with Gasteiger partial charge in [0.2, 0.25) is 0 Å². The Hall–Kier alpha value is -2.77. The standard InChI is InChI=1S/C25H30N2O5/c1-29-16-31-20-4-2-3-18(13-20)19-5-6-21-22(9-12-30-23(21)14-19)26-25(28)32-24-15-27-10-7-17(24)8-11-27/h2-6,13-14,17,22,24H,7-12,15-16H2,1H3,(H,26,28)/t22?,24-/m1/s1. The van der Waals surface area contributed by atoms with E-state index in [0.717, 1.165) is 67.1 Å². The van der Waals surface area contributed by atoms with Gasteiger partial charge in [-0.05, 0) is 61.2 Å². The van der Waals surface area contributed by atoms with Gasteiger partial charge in [-0.2, -0.15) is 0 Å². The van der Waals surface area contributed by atoms with Gasteiger partial charge < -0.3 is 24.3 Å². The molecule has 0 spiro atoms. The third-order valence-corrected chi connectivity index (χ3v) is 6.71. The summed E-state index contributed by atoms with van der Waals surface area (Å²) in [5, 5.41) is 3.08. The fourth-order valence-electron chi connectivity index (χ4n) is 4.97. The van der Waals surface area contributed by atoms with E-state index in [1.54, 1.807) is 7.11 Å². The average molecular weight is 439 g/mol. The second-order valence-electron chi connectivity index (χ2n) is 8.75. The predicted molar refractivity (Wildman–Crippen MR) is 120 cm³/mol. The highest BCUT2D eigenvalue weighted by molar-refractivity contribution is 5.70. The Morgan fingerprint density at radius 3 is 2.75 bits per heavy atom. The summed E-state index contributed by atoms with van der Waals surface area (Å²) in [4.78, 5) is 15.0. The van der Waals surface area contributed by atoms with Gasteiger partial charge in [0.05, 0.1) is 12.6 Å². The minimum Gasteiger partial charge on any atom is -0.493 e. The third-order valence-electron chi connectivity index (χ3n) is 6.71. The van der Waals surface area contributed by atoms with Crippen molar-refractivity contribution in [2.75, 3.05) is 40.1 Å². The molecule has 0 aromatic heterocycles. The van der Waals surface area contributed by atoms with Crippen LogP contribution in [0.5, 0.6) is 11.5 Å². The van der Waals surface area contributed by atoms with E-state index in [-0.39, 0.29) is 25.0 Å². The number of methoxy groups -OCH3 is 1. The molecule has 2 bridgehead atoms. The number of ether oxygens (including phenoxy) is 4. The number of hydrogen-bond donors (Lipinski definition) is 1. The zero-order valence-corrected chi connectivity index (χ0v) is 18.4. The first-order chi connectivity index (χ1) is 15.7. The number of benzene rings is 2. The number of rotatable bonds is 6. The molecular weight excluding hydrogens is 408 g/mol. The molecule has 4 heterocycles.